The monoisotopic (exact) mass is 285 g/mol. The van der Waals surface area contributed by atoms with Crippen molar-refractivity contribution in [2.24, 2.45) is 0 Å². The molecular formula is C11H12BrNOS. The summed E-state index contributed by atoms with van der Waals surface area (Å²) in [5.41, 5.74) is 1.06. The van der Waals surface area contributed by atoms with Crippen LogP contribution in [0.15, 0.2) is 24.3 Å². The SMILES string of the molecule is OC(CBr)CCc1nc2ccccc2s1. The molecule has 2 aromatic rings. The van der Waals surface area contributed by atoms with E-state index in [1.807, 2.05) is 18.2 Å². The topological polar surface area (TPSA) is 33.1 Å². The molecular weight excluding hydrogens is 274 g/mol. The van der Waals surface area contributed by atoms with Gasteiger partial charge in [0, 0.05) is 11.8 Å². The lowest BCUT2D eigenvalue weighted by Crippen LogP contribution is -2.08. The first kappa shape index (κ1) is 11.0. The zero-order valence-electron chi connectivity index (χ0n) is 8.19. The summed E-state index contributed by atoms with van der Waals surface area (Å²) in [6.45, 7) is 0. The van der Waals surface area contributed by atoms with Gasteiger partial charge in [0.05, 0.1) is 21.3 Å². The van der Waals surface area contributed by atoms with Crippen LogP contribution in [-0.4, -0.2) is 21.5 Å². The molecule has 2 rings (SSSR count). The molecule has 0 radical (unpaired) electrons. The number of rotatable bonds is 4. The van der Waals surface area contributed by atoms with Crippen LogP contribution in [-0.2, 0) is 6.42 Å². The zero-order valence-corrected chi connectivity index (χ0v) is 10.6. The van der Waals surface area contributed by atoms with Crippen molar-refractivity contribution in [1.82, 2.24) is 4.98 Å². The summed E-state index contributed by atoms with van der Waals surface area (Å²) >= 11 is 4.97. The highest BCUT2D eigenvalue weighted by Gasteiger charge is 2.06. The largest absolute Gasteiger partial charge is 0.392 e. The number of alkyl halides is 1. The van der Waals surface area contributed by atoms with Gasteiger partial charge in [-0.15, -0.1) is 11.3 Å². The molecule has 1 unspecified atom stereocenters. The Morgan fingerprint density at radius 3 is 2.93 bits per heavy atom. The van der Waals surface area contributed by atoms with Crippen LogP contribution in [0.4, 0.5) is 0 Å². The molecule has 1 aromatic carbocycles. The first-order valence-electron chi connectivity index (χ1n) is 4.88. The minimum absolute atomic E-state index is 0.267. The van der Waals surface area contributed by atoms with E-state index >= 15 is 0 Å². The van der Waals surface area contributed by atoms with Crippen LogP contribution in [0.3, 0.4) is 0 Å². The Kier molecular flexibility index (Phi) is 3.72. The molecule has 0 amide bonds. The molecule has 0 saturated carbocycles. The fourth-order valence-corrected chi connectivity index (χ4v) is 2.70. The molecule has 0 bridgehead atoms. The van der Waals surface area contributed by atoms with Crippen molar-refractivity contribution in [3.05, 3.63) is 29.3 Å². The number of benzene rings is 1. The summed E-state index contributed by atoms with van der Waals surface area (Å²) < 4.78 is 1.22. The van der Waals surface area contributed by atoms with E-state index in [2.05, 4.69) is 27.0 Å². The molecule has 80 valence electrons. The number of aromatic nitrogens is 1. The molecule has 15 heavy (non-hydrogen) atoms. The van der Waals surface area contributed by atoms with Gasteiger partial charge < -0.3 is 5.11 Å². The van der Waals surface area contributed by atoms with Crippen LogP contribution in [0.2, 0.25) is 0 Å². The summed E-state index contributed by atoms with van der Waals surface area (Å²) in [7, 11) is 0. The average molecular weight is 286 g/mol. The second-order valence-corrected chi connectivity index (χ2v) is 5.18. The number of para-hydroxylation sites is 1. The van der Waals surface area contributed by atoms with Crippen molar-refractivity contribution >= 4 is 37.5 Å². The van der Waals surface area contributed by atoms with Gasteiger partial charge in [-0.2, -0.15) is 0 Å². The highest BCUT2D eigenvalue weighted by Crippen LogP contribution is 2.22. The van der Waals surface area contributed by atoms with Gasteiger partial charge in [-0.1, -0.05) is 28.1 Å². The summed E-state index contributed by atoms with van der Waals surface area (Å²) in [4.78, 5) is 4.51. The molecule has 0 aliphatic heterocycles. The maximum atomic E-state index is 9.42. The van der Waals surface area contributed by atoms with Gasteiger partial charge >= 0.3 is 0 Å². The van der Waals surface area contributed by atoms with Crippen molar-refractivity contribution in [3.63, 3.8) is 0 Å². The van der Waals surface area contributed by atoms with E-state index < -0.39 is 0 Å². The number of aliphatic hydroxyl groups excluding tert-OH is 1. The van der Waals surface area contributed by atoms with E-state index in [1.165, 1.54) is 4.70 Å². The lowest BCUT2D eigenvalue weighted by atomic mass is 10.2. The fraction of sp³-hybridized carbons (Fsp3) is 0.364. The van der Waals surface area contributed by atoms with Gasteiger partial charge in [-0.25, -0.2) is 4.98 Å². The minimum atomic E-state index is -0.267. The Labute approximate surface area is 101 Å². The third-order valence-corrected chi connectivity index (χ3v) is 4.05. The number of aryl methyl sites for hydroxylation is 1. The summed E-state index contributed by atoms with van der Waals surface area (Å²) in [5.74, 6) is 0. The van der Waals surface area contributed by atoms with Crippen LogP contribution >= 0.6 is 27.3 Å². The normalized spacial score (nSPS) is 13.2. The maximum Gasteiger partial charge on any atom is 0.0939 e. The molecule has 4 heteroatoms. The van der Waals surface area contributed by atoms with E-state index in [-0.39, 0.29) is 6.10 Å². The summed E-state index contributed by atoms with van der Waals surface area (Å²) in [5, 5.41) is 11.2. The number of hydrogen-bond acceptors (Lipinski definition) is 3. The first-order valence-corrected chi connectivity index (χ1v) is 6.82. The van der Waals surface area contributed by atoms with E-state index in [0.717, 1.165) is 23.4 Å². The quantitative estimate of drug-likeness (QED) is 0.876. The van der Waals surface area contributed by atoms with Crippen molar-refractivity contribution in [2.45, 2.75) is 18.9 Å². The Hall–Kier alpha value is -0.450. The number of hydrogen-bond donors (Lipinski definition) is 1. The van der Waals surface area contributed by atoms with Crippen LogP contribution in [0, 0.1) is 0 Å². The third kappa shape index (κ3) is 2.77. The van der Waals surface area contributed by atoms with Gasteiger partial charge in [0.15, 0.2) is 0 Å². The molecule has 1 N–H and O–H groups in total. The molecule has 1 atom stereocenters. The predicted octanol–water partition coefficient (Wildman–Crippen LogP) is 2.98. The molecule has 2 nitrogen and oxygen atoms in total. The Balaban J connectivity index is 2.09. The fourth-order valence-electron chi connectivity index (χ4n) is 1.39. The average Bonchev–Trinajstić information content (AvgIpc) is 2.68. The highest BCUT2D eigenvalue weighted by molar-refractivity contribution is 9.09. The zero-order chi connectivity index (χ0) is 10.7. The summed E-state index contributed by atoms with van der Waals surface area (Å²) in [6, 6.07) is 8.13. The lowest BCUT2D eigenvalue weighted by Gasteiger charge is -2.03. The molecule has 0 spiro atoms. The van der Waals surface area contributed by atoms with Crippen molar-refractivity contribution in [3.8, 4) is 0 Å². The first-order chi connectivity index (χ1) is 7.29. The van der Waals surface area contributed by atoms with Crippen LogP contribution in [0.25, 0.3) is 10.2 Å². The predicted molar refractivity (Wildman–Crippen MR) is 67.7 cm³/mol. The number of nitrogens with zero attached hydrogens (tertiary/aromatic N) is 1. The second kappa shape index (κ2) is 5.05. The Morgan fingerprint density at radius 2 is 2.20 bits per heavy atom. The van der Waals surface area contributed by atoms with E-state index in [0.29, 0.717) is 5.33 Å². The Morgan fingerprint density at radius 1 is 1.40 bits per heavy atom. The van der Waals surface area contributed by atoms with Gasteiger partial charge in [-0.05, 0) is 18.6 Å². The Bertz CT molecular complexity index is 410. The van der Waals surface area contributed by atoms with E-state index in [1.54, 1.807) is 11.3 Å². The number of fused-ring (bicyclic) bond motifs is 1. The van der Waals surface area contributed by atoms with Crippen molar-refractivity contribution < 1.29 is 5.11 Å². The molecule has 0 saturated heterocycles. The van der Waals surface area contributed by atoms with Crippen molar-refractivity contribution in [2.75, 3.05) is 5.33 Å². The molecule has 0 fully saturated rings. The van der Waals surface area contributed by atoms with Crippen LogP contribution < -0.4 is 0 Å². The second-order valence-electron chi connectivity index (χ2n) is 3.42. The van der Waals surface area contributed by atoms with Crippen molar-refractivity contribution in [1.29, 1.82) is 0 Å². The summed E-state index contributed by atoms with van der Waals surface area (Å²) in [6.07, 6.45) is 1.36. The molecule has 0 aliphatic carbocycles. The van der Waals surface area contributed by atoms with Gasteiger partial charge in [0.1, 0.15) is 0 Å². The number of thiazole rings is 1. The molecule has 1 heterocycles. The molecule has 0 aliphatic rings. The van der Waals surface area contributed by atoms with Gasteiger partial charge in [-0.3, -0.25) is 0 Å². The lowest BCUT2D eigenvalue weighted by molar-refractivity contribution is 0.191. The van der Waals surface area contributed by atoms with Crippen LogP contribution in [0.1, 0.15) is 11.4 Å². The van der Waals surface area contributed by atoms with Gasteiger partial charge in [0.25, 0.3) is 0 Å². The van der Waals surface area contributed by atoms with Crippen LogP contribution in [0.5, 0.6) is 0 Å². The third-order valence-electron chi connectivity index (χ3n) is 2.21. The van der Waals surface area contributed by atoms with E-state index in [4.69, 9.17) is 0 Å². The number of halogens is 1. The minimum Gasteiger partial charge on any atom is -0.392 e. The highest BCUT2D eigenvalue weighted by atomic mass is 79.9. The molecule has 1 aromatic heterocycles. The standard InChI is InChI=1S/C11H12BrNOS/c12-7-8(14)5-6-11-13-9-3-1-2-4-10(9)15-11/h1-4,8,14H,5-7H2. The maximum absolute atomic E-state index is 9.42. The van der Waals surface area contributed by atoms with Gasteiger partial charge in [0.2, 0.25) is 0 Å². The number of aliphatic hydroxyl groups is 1. The smallest absolute Gasteiger partial charge is 0.0939 e. The van der Waals surface area contributed by atoms with E-state index in [9.17, 15) is 5.11 Å².